The van der Waals surface area contributed by atoms with Crippen molar-refractivity contribution in [1.82, 2.24) is 19.6 Å². The van der Waals surface area contributed by atoms with E-state index in [0.717, 1.165) is 41.2 Å². The van der Waals surface area contributed by atoms with E-state index in [4.69, 9.17) is 5.73 Å². The third kappa shape index (κ3) is 4.46. The molecule has 37 heavy (non-hydrogen) atoms. The Hall–Kier alpha value is -4.12. The Kier molecular flexibility index (Phi) is 6.03. The number of anilines is 2. The van der Waals surface area contributed by atoms with E-state index in [1.807, 2.05) is 31.5 Å². The topological polar surface area (TPSA) is 111 Å². The van der Waals surface area contributed by atoms with Crippen molar-refractivity contribution < 1.29 is 13.6 Å². The minimum absolute atomic E-state index is 0.133. The maximum absolute atomic E-state index is 14.3. The third-order valence-corrected chi connectivity index (χ3v) is 6.49. The van der Waals surface area contributed by atoms with E-state index in [9.17, 15) is 18.4 Å². The zero-order valence-corrected chi connectivity index (χ0v) is 20.7. The molecule has 11 heteroatoms. The van der Waals surface area contributed by atoms with E-state index in [1.165, 1.54) is 12.1 Å². The van der Waals surface area contributed by atoms with Crippen LogP contribution in [0.2, 0.25) is 0 Å². The number of nitrogens with zero attached hydrogens (tertiary/aromatic N) is 5. The fourth-order valence-corrected chi connectivity index (χ4v) is 4.71. The highest BCUT2D eigenvalue weighted by molar-refractivity contribution is 6.09. The molecule has 9 nitrogen and oxygen atoms in total. The monoisotopic (exact) mass is 507 g/mol. The normalized spacial score (nSPS) is 17.6. The average molecular weight is 508 g/mol. The maximum atomic E-state index is 14.3. The van der Waals surface area contributed by atoms with Crippen molar-refractivity contribution in [3.63, 3.8) is 0 Å². The molecule has 0 spiro atoms. The van der Waals surface area contributed by atoms with Crippen LogP contribution in [0.1, 0.15) is 43.7 Å². The molecule has 2 aromatic carbocycles. The summed E-state index contributed by atoms with van der Waals surface area (Å²) >= 11 is 0. The van der Waals surface area contributed by atoms with Crippen LogP contribution in [0.4, 0.5) is 20.2 Å². The van der Waals surface area contributed by atoms with E-state index >= 15 is 0 Å². The molecule has 192 valence electrons. The summed E-state index contributed by atoms with van der Waals surface area (Å²) in [6, 6.07) is 9.27. The fraction of sp³-hybridized carbons (Fsp3) is 0.308. The summed E-state index contributed by atoms with van der Waals surface area (Å²) in [4.78, 5) is 27.8. The van der Waals surface area contributed by atoms with E-state index in [0.29, 0.717) is 23.5 Å². The first-order chi connectivity index (χ1) is 17.6. The third-order valence-electron chi connectivity index (χ3n) is 6.49. The van der Waals surface area contributed by atoms with Gasteiger partial charge in [0.1, 0.15) is 11.4 Å². The molecule has 1 aliphatic rings. The van der Waals surface area contributed by atoms with Gasteiger partial charge in [0, 0.05) is 36.1 Å². The molecule has 1 aliphatic heterocycles. The van der Waals surface area contributed by atoms with Gasteiger partial charge in [-0.1, -0.05) is 6.07 Å². The van der Waals surface area contributed by atoms with Crippen molar-refractivity contribution in [2.75, 3.05) is 23.3 Å². The minimum Gasteiger partial charge on any atom is -0.367 e. The molecule has 0 radical (unpaired) electrons. The fourth-order valence-electron chi connectivity index (χ4n) is 4.71. The van der Waals surface area contributed by atoms with Gasteiger partial charge in [0.15, 0.2) is 11.6 Å². The SMILES string of the molecule is CC(C)n1ncc2c(N3CC[C@@](C)(N)C3)c(NC(=O)c3ccc(=O)n(-c4c(F)cccc4F)n3)ccc21. The molecule has 2 aromatic heterocycles. The van der Waals surface area contributed by atoms with Gasteiger partial charge in [-0.3, -0.25) is 14.3 Å². The number of halogens is 2. The van der Waals surface area contributed by atoms with Crippen LogP contribution in [0.5, 0.6) is 0 Å². The number of amides is 1. The summed E-state index contributed by atoms with van der Waals surface area (Å²) < 4.78 is 31.1. The summed E-state index contributed by atoms with van der Waals surface area (Å²) in [5.74, 6) is -2.58. The van der Waals surface area contributed by atoms with Crippen LogP contribution in [0.25, 0.3) is 16.6 Å². The van der Waals surface area contributed by atoms with Crippen molar-refractivity contribution in [1.29, 1.82) is 0 Å². The smallest absolute Gasteiger partial charge is 0.276 e. The molecule has 4 aromatic rings. The Morgan fingerprint density at radius 2 is 1.84 bits per heavy atom. The van der Waals surface area contributed by atoms with Crippen LogP contribution in [0.15, 0.2) is 53.5 Å². The molecule has 1 atom stereocenters. The Balaban J connectivity index is 1.56. The second kappa shape index (κ2) is 9.07. The summed E-state index contributed by atoms with van der Waals surface area (Å²) in [6.07, 6.45) is 2.54. The van der Waals surface area contributed by atoms with Gasteiger partial charge < -0.3 is 16.0 Å². The second-order valence-electron chi connectivity index (χ2n) is 9.90. The zero-order chi connectivity index (χ0) is 26.5. The van der Waals surface area contributed by atoms with Crippen LogP contribution in [0.3, 0.4) is 0 Å². The lowest BCUT2D eigenvalue weighted by Crippen LogP contribution is -2.39. The quantitative estimate of drug-likeness (QED) is 0.427. The number of rotatable bonds is 5. The molecule has 0 saturated carbocycles. The summed E-state index contributed by atoms with van der Waals surface area (Å²) in [6.45, 7) is 7.33. The Morgan fingerprint density at radius 1 is 1.11 bits per heavy atom. The van der Waals surface area contributed by atoms with Crippen LogP contribution in [-0.2, 0) is 0 Å². The average Bonchev–Trinajstić information content (AvgIpc) is 3.42. The first-order valence-electron chi connectivity index (χ1n) is 12.0. The van der Waals surface area contributed by atoms with Gasteiger partial charge in [-0.2, -0.15) is 14.9 Å². The standard InChI is InChI=1S/C26H27F2N7O2/c1-15(2)34-21-9-7-19(23(16(21)13-30-34)33-12-11-26(3,29)14-33)31-25(37)20-8-10-22(36)35(32-20)24-17(27)5-4-6-18(24)28/h4-10,13,15H,11-12,14,29H2,1-3H3,(H,31,37)/t26-/m1/s1. The number of fused-ring (bicyclic) bond motifs is 1. The van der Waals surface area contributed by atoms with Crippen molar-refractivity contribution in [2.45, 2.75) is 38.8 Å². The molecule has 1 fully saturated rings. The molecule has 3 heterocycles. The molecule has 1 amide bonds. The summed E-state index contributed by atoms with van der Waals surface area (Å²) in [7, 11) is 0. The second-order valence-corrected chi connectivity index (χ2v) is 9.90. The van der Waals surface area contributed by atoms with Gasteiger partial charge in [-0.15, -0.1) is 0 Å². The van der Waals surface area contributed by atoms with E-state index in [-0.39, 0.29) is 11.7 Å². The number of carbonyl (C=O) groups excluding carboxylic acids is 1. The molecule has 1 saturated heterocycles. The number of carbonyl (C=O) groups is 1. The van der Waals surface area contributed by atoms with Crippen LogP contribution >= 0.6 is 0 Å². The predicted molar refractivity (Wildman–Crippen MR) is 137 cm³/mol. The molecule has 0 aliphatic carbocycles. The number of para-hydroxylation sites is 1. The van der Waals surface area contributed by atoms with Gasteiger partial charge in [-0.05, 0) is 57.5 Å². The van der Waals surface area contributed by atoms with Gasteiger partial charge in [-0.25, -0.2) is 8.78 Å². The lowest BCUT2D eigenvalue weighted by molar-refractivity contribution is 0.102. The molecular weight excluding hydrogens is 480 g/mol. The van der Waals surface area contributed by atoms with Crippen LogP contribution in [-0.4, -0.2) is 44.1 Å². The minimum atomic E-state index is -0.971. The number of hydrogen-bond acceptors (Lipinski definition) is 6. The Bertz CT molecular complexity index is 1550. The summed E-state index contributed by atoms with van der Waals surface area (Å²) in [5, 5.41) is 12.2. The maximum Gasteiger partial charge on any atom is 0.276 e. The first kappa shape index (κ1) is 24.6. The Labute approximate surface area is 211 Å². The number of aromatic nitrogens is 4. The molecule has 5 rings (SSSR count). The lowest BCUT2D eigenvalue weighted by atomic mass is 10.0. The van der Waals surface area contributed by atoms with Crippen molar-refractivity contribution in [2.24, 2.45) is 5.73 Å². The molecule has 0 bridgehead atoms. The summed E-state index contributed by atoms with van der Waals surface area (Å²) in [5.41, 5.74) is 6.60. The molecular formula is C26H27F2N7O2. The lowest BCUT2D eigenvalue weighted by Gasteiger charge is -2.25. The van der Waals surface area contributed by atoms with Gasteiger partial charge in [0.25, 0.3) is 11.5 Å². The van der Waals surface area contributed by atoms with E-state index in [1.54, 1.807) is 12.3 Å². The highest BCUT2D eigenvalue weighted by Crippen LogP contribution is 2.38. The van der Waals surface area contributed by atoms with Crippen molar-refractivity contribution in [3.05, 3.63) is 76.3 Å². The highest BCUT2D eigenvalue weighted by Gasteiger charge is 2.33. The molecule has 3 N–H and O–H groups in total. The van der Waals surface area contributed by atoms with Gasteiger partial charge in [0.05, 0.1) is 23.1 Å². The largest absolute Gasteiger partial charge is 0.367 e. The number of benzene rings is 2. The number of nitrogens with two attached hydrogens (primary N) is 1. The van der Waals surface area contributed by atoms with Crippen molar-refractivity contribution in [3.8, 4) is 5.69 Å². The van der Waals surface area contributed by atoms with E-state index in [2.05, 4.69) is 20.4 Å². The van der Waals surface area contributed by atoms with Gasteiger partial charge >= 0.3 is 0 Å². The van der Waals surface area contributed by atoms with E-state index < -0.39 is 34.3 Å². The zero-order valence-electron chi connectivity index (χ0n) is 20.7. The van der Waals surface area contributed by atoms with Crippen molar-refractivity contribution >= 4 is 28.2 Å². The number of hydrogen-bond donors (Lipinski definition) is 2. The van der Waals surface area contributed by atoms with Gasteiger partial charge in [0.2, 0.25) is 0 Å². The first-order valence-corrected chi connectivity index (χ1v) is 12.0. The van der Waals surface area contributed by atoms with Crippen LogP contribution in [0, 0.1) is 11.6 Å². The predicted octanol–water partition coefficient (Wildman–Crippen LogP) is 3.62. The van der Waals surface area contributed by atoms with Crippen LogP contribution < -0.4 is 21.5 Å². The number of nitrogens with one attached hydrogen (secondary N) is 1. The Morgan fingerprint density at radius 3 is 2.49 bits per heavy atom. The highest BCUT2D eigenvalue weighted by atomic mass is 19.1. The molecule has 0 unspecified atom stereocenters.